The van der Waals surface area contributed by atoms with E-state index in [9.17, 15) is 5.11 Å². The van der Waals surface area contributed by atoms with Crippen molar-refractivity contribution in [3.8, 4) is 26.9 Å². The highest BCUT2D eigenvalue weighted by atomic mass is 32.1. The van der Waals surface area contributed by atoms with E-state index in [-0.39, 0.29) is 5.75 Å². The number of aromatic hydroxyl groups is 1. The van der Waals surface area contributed by atoms with Crippen molar-refractivity contribution in [2.24, 2.45) is 0 Å². The van der Waals surface area contributed by atoms with Gasteiger partial charge in [-0.15, -0.1) is 22.7 Å². The predicted octanol–water partition coefficient (Wildman–Crippen LogP) is 5.95. The maximum Gasteiger partial charge on any atom is 0.136 e. The highest BCUT2D eigenvalue weighted by Crippen LogP contribution is 2.42. The molecular weight excluding hydrogens is 348 g/mol. The van der Waals surface area contributed by atoms with Crippen molar-refractivity contribution in [3.05, 3.63) is 66.7 Å². The van der Waals surface area contributed by atoms with Gasteiger partial charge in [-0.3, -0.25) is 0 Å². The summed E-state index contributed by atoms with van der Waals surface area (Å²) in [5, 5.41) is 12.5. The summed E-state index contributed by atoms with van der Waals surface area (Å²) < 4.78 is 2.23. The zero-order valence-corrected chi connectivity index (χ0v) is 14.6. The lowest BCUT2D eigenvalue weighted by Crippen LogP contribution is -1.83. The number of aromatic nitrogens is 2. The molecule has 0 spiro atoms. The Kier molecular flexibility index (Phi) is 3.29. The molecule has 0 atom stereocenters. The van der Waals surface area contributed by atoms with Gasteiger partial charge in [-0.2, -0.15) is 0 Å². The fourth-order valence-electron chi connectivity index (χ4n) is 2.86. The third-order valence-corrected chi connectivity index (χ3v) is 6.22. The van der Waals surface area contributed by atoms with Crippen LogP contribution < -0.4 is 0 Å². The first-order valence-electron chi connectivity index (χ1n) is 7.83. The Hall–Kier alpha value is -2.76. The van der Waals surface area contributed by atoms with Crippen molar-refractivity contribution in [2.45, 2.75) is 0 Å². The van der Waals surface area contributed by atoms with Gasteiger partial charge in [0.1, 0.15) is 15.8 Å². The maximum atomic E-state index is 10.9. The maximum absolute atomic E-state index is 10.9. The molecule has 2 heterocycles. The van der Waals surface area contributed by atoms with Gasteiger partial charge in [-0.25, -0.2) is 9.97 Å². The Morgan fingerprint density at radius 3 is 1.56 bits per heavy atom. The summed E-state index contributed by atoms with van der Waals surface area (Å²) >= 11 is 3.17. The first-order valence-corrected chi connectivity index (χ1v) is 9.47. The second-order valence-electron chi connectivity index (χ2n) is 5.68. The number of hydrogen-bond donors (Lipinski definition) is 1. The van der Waals surface area contributed by atoms with Crippen LogP contribution in [0.4, 0.5) is 0 Å². The molecule has 0 aliphatic rings. The molecule has 0 aliphatic carbocycles. The fraction of sp³-hybridized carbons (Fsp3) is 0. The van der Waals surface area contributed by atoms with Gasteiger partial charge in [0.15, 0.2) is 0 Å². The van der Waals surface area contributed by atoms with Crippen molar-refractivity contribution in [2.75, 3.05) is 0 Å². The summed E-state index contributed by atoms with van der Waals surface area (Å²) in [7, 11) is 0. The van der Waals surface area contributed by atoms with Crippen molar-refractivity contribution in [1.29, 1.82) is 0 Å². The average Bonchev–Trinajstić information content (AvgIpc) is 3.25. The molecule has 3 aromatic carbocycles. The summed E-state index contributed by atoms with van der Waals surface area (Å²) in [6, 6.07) is 21.8. The van der Waals surface area contributed by atoms with Gasteiger partial charge in [-0.1, -0.05) is 30.3 Å². The minimum absolute atomic E-state index is 0.237. The summed E-state index contributed by atoms with van der Waals surface area (Å²) in [4.78, 5) is 9.33. The minimum atomic E-state index is 0.237. The van der Waals surface area contributed by atoms with E-state index in [0.29, 0.717) is 0 Å². The Bertz CT molecular complexity index is 1060. The number of hydrogen-bond acceptors (Lipinski definition) is 5. The largest absolute Gasteiger partial charge is 0.506 e. The first kappa shape index (κ1) is 14.6. The number of benzene rings is 3. The summed E-state index contributed by atoms with van der Waals surface area (Å²) in [5.74, 6) is 0.237. The molecule has 5 heteroatoms. The van der Waals surface area contributed by atoms with Gasteiger partial charge in [-0.05, 0) is 36.4 Å². The lowest BCUT2D eigenvalue weighted by atomic mass is 10.1. The fourth-order valence-corrected chi connectivity index (χ4v) is 4.85. The summed E-state index contributed by atoms with van der Waals surface area (Å²) in [6.45, 7) is 0. The zero-order chi connectivity index (χ0) is 16.8. The lowest BCUT2D eigenvalue weighted by molar-refractivity contribution is 0.479. The number of nitrogens with zero attached hydrogens (tertiary/aromatic N) is 2. The molecule has 2 aromatic heterocycles. The van der Waals surface area contributed by atoms with Gasteiger partial charge in [0.25, 0.3) is 0 Å². The smallest absolute Gasteiger partial charge is 0.136 e. The molecule has 0 amide bonds. The van der Waals surface area contributed by atoms with E-state index in [1.54, 1.807) is 22.7 Å². The van der Waals surface area contributed by atoms with Crippen molar-refractivity contribution in [1.82, 2.24) is 9.97 Å². The molecule has 25 heavy (non-hydrogen) atoms. The van der Waals surface area contributed by atoms with E-state index in [0.717, 1.165) is 41.6 Å². The van der Waals surface area contributed by atoms with Crippen molar-refractivity contribution >= 4 is 43.1 Å². The van der Waals surface area contributed by atoms with Crippen molar-refractivity contribution in [3.63, 3.8) is 0 Å². The minimum Gasteiger partial charge on any atom is -0.506 e. The van der Waals surface area contributed by atoms with Crippen LogP contribution in [0.15, 0.2) is 66.7 Å². The third-order valence-electron chi connectivity index (χ3n) is 4.08. The molecular formula is C20H12N2OS2. The van der Waals surface area contributed by atoms with Crippen LogP contribution in [0.5, 0.6) is 5.75 Å². The first-order chi connectivity index (χ1) is 12.3. The Labute approximate surface area is 151 Å². The number of rotatable bonds is 2. The normalized spacial score (nSPS) is 11.4. The Morgan fingerprint density at radius 2 is 1.08 bits per heavy atom. The van der Waals surface area contributed by atoms with Gasteiger partial charge >= 0.3 is 0 Å². The second-order valence-corrected chi connectivity index (χ2v) is 7.74. The monoisotopic (exact) mass is 360 g/mol. The van der Waals surface area contributed by atoms with Gasteiger partial charge in [0.05, 0.1) is 31.6 Å². The van der Waals surface area contributed by atoms with E-state index >= 15 is 0 Å². The van der Waals surface area contributed by atoms with E-state index in [2.05, 4.69) is 9.97 Å². The molecule has 0 unspecified atom stereocenters. The quantitative estimate of drug-likeness (QED) is 0.423. The number of fused-ring (bicyclic) bond motifs is 2. The predicted molar refractivity (Wildman–Crippen MR) is 105 cm³/mol. The Balaban J connectivity index is 1.68. The van der Waals surface area contributed by atoms with Crippen molar-refractivity contribution < 1.29 is 5.11 Å². The summed E-state index contributed by atoms with van der Waals surface area (Å²) in [6.07, 6.45) is 0. The van der Waals surface area contributed by atoms with Gasteiger partial charge in [0.2, 0.25) is 0 Å². The molecule has 1 N–H and O–H groups in total. The van der Waals surface area contributed by atoms with Crippen LogP contribution in [-0.4, -0.2) is 15.1 Å². The van der Waals surface area contributed by atoms with E-state index in [4.69, 9.17) is 0 Å². The SMILES string of the molecule is Oc1c(-c2nc3ccccc3s2)cccc1-c1nc2ccccc2s1. The molecule has 0 saturated heterocycles. The highest BCUT2D eigenvalue weighted by molar-refractivity contribution is 7.22. The van der Waals surface area contributed by atoms with Crippen LogP contribution in [0.2, 0.25) is 0 Å². The van der Waals surface area contributed by atoms with Crippen LogP contribution in [0, 0.1) is 0 Å². The third kappa shape index (κ3) is 2.40. The molecule has 5 aromatic rings. The molecule has 0 bridgehead atoms. The second kappa shape index (κ2) is 5.65. The Morgan fingerprint density at radius 1 is 0.600 bits per heavy atom. The van der Waals surface area contributed by atoms with Crippen LogP contribution in [0.3, 0.4) is 0 Å². The molecule has 120 valence electrons. The number of thiazole rings is 2. The van der Waals surface area contributed by atoms with E-state index in [1.165, 1.54) is 0 Å². The van der Waals surface area contributed by atoms with Gasteiger partial charge < -0.3 is 5.11 Å². The molecule has 0 fully saturated rings. The number of phenols is 1. The van der Waals surface area contributed by atoms with Gasteiger partial charge in [0, 0.05) is 0 Å². The topological polar surface area (TPSA) is 46.0 Å². The van der Waals surface area contributed by atoms with E-state index in [1.807, 2.05) is 66.7 Å². The van der Waals surface area contributed by atoms with E-state index < -0.39 is 0 Å². The number of phenolic OH excluding ortho intramolecular Hbond substituents is 1. The zero-order valence-electron chi connectivity index (χ0n) is 13.0. The molecule has 0 radical (unpaired) electrons. The van der Waals surface area contributed by atoms with Crippen LogP contribution in [0.25, 0.3) is 41.6 Å². The van der Waals surface area contributed by atoms with Crippen LogP contribution >= 0.6 is 22.7 Å². The standard InChI is InChI=1S/C20H12N2OS2/c23-18-12(19-21-14-8-1-3-10-16(14)24-19)6-5-7-13(18)20-22-15-9-2-4-11-17(15)25-20/h1-11,23H. The van der Waals surface area contributed by atoms with Crippen LogP contribution in [-0.2, 0) is 0 Å². The highest BCUT2D eigenvalue weighted by Gasteiger charge is 2.16. The number of para-hydroxylation sites is 3. The molecule has 0 aliphatic heterocycles. The molecule has 5 rings (SSSR count). The lowest BCUT2D eigenvalue weighted by Gasteiger charge is -2.05. The average molecular weight is 360 g/mol. The molecule has 0 saturated carbocycles. The molecule has 3 nitrogen and oxygen atoms in total. The van der Waals surface area contributed by atoms with Crippen LogP contribution in [0.1, 0.15) is 0 Å². The summed E-state index contributed by atoms with van der Waals surface area (Å²) in [5.41, 5.74) is 3.40.